The first kappa shape index (κ1) is 12.0. The number of rotatable bonds is 5. The minimum atomic E-state index is 0.813. The molecule has 1 aromatic heterocycles. The molecule has 0 fully saturated rings. The molecule has 0 unspecified atom stereocenters. The number of nitrogens with zero attached hydrogens (tertiary/aromatic N) is 2. The van der Waals surface area contributed by atoms with Crippen molar-refractivity contribution in [2.75, 3.05) is 19.0 Å². The maximum atomic E-state index is 5.18. The summed E-state index contributed by atoms with van der Waals surface area (Å²) in [7, 11) is 1.66. The van der Waals surface area contributed by atoms with E-state index in [1.165, 1.54) is 0 Å². The van der Waals surface area contributed by atoms with E-state index in [1.807, 2.05) is 35.1 Å². The summed E-state index contributed by atoms with van der Waals surface area (Å²) in [4.78, 5) is 0. The fourth-order valence-corrected chi connectivity index (χ4v) is 1.89. The Morgan fingerprint density at radius 2 is 2.35 bits per heavy atom. The molecular weight excluding hydrogens is 282 g/mol. The molecule has 0 spiro atoms. The molecule has 0 radical (unpaired) electrons. The van der Waals surface area contributed by atoms with Gasteiger partial charge in [0.1, 0.15) is 5.75 Å². The summed E-state index contributed by atoms with van der Waals surface area (Å²) in [6.45, 7) is 1.64. The van der Waals surface area contributed by atoms with Crippen LogP contribution in [0.2, 0.25) is 0 Å². The third-order valence-electron chi connectivity index (χ3n) is 2.39. The van der Waals surface area contributed by atoms with Gasteiger partial charge in [0.15, 0.2) is 0 Å². The number of nitrogens with one attached hydrogen (secondary N) is 1. The van der Waals surface area contributed by atoms with Crippen molar-refractivity contribution < 1.29 is 4.74 Å². The second-order valence-electron chi connectivity index (χ2n) is 3.54. The number of anilines is 1. The molecule has 0 aliphatic rings. The molecule has 0 atom stereocenters. The zero-order chi connectivity index (χ0) is 12.1. The Kier molecular flexibility index (Phi) is 4.03. The third-order valence-corrected chi connectivity index (χ3v) is 3.08. The van der Waals surface area contributed by atoms with Crippen molar-refractivity contribution >= 4 is 21.6 Å². The van der Waals surface area contributed by atoms with E-state index in [-0.39, 0.29) is 0 Å². The number of benzene rings is 1. The monoisotopic (exact) mass is 295 g/mol. The van der Waals surface area contributed by atoms with Gasteiger partial charge in [-0.15, -0.1) is 0 Å². The number of ether oxygens (including phenoxy) is 1. The predicted octanol–water partition coefficient (Wildman–Crippen LogP) is 2.77. The lowest BCUT2D eigenvalue weighted by molar-refractivity contribution is 0.415. The molecule has 0 saturated heterocycles. The standard InChI is InChI=1S/C12H14BrN3O/c1-17-10-3-4-11(13)12(9-10)14-6-8-16-7-2-5-15-16/h2-5,7,9,14H,6,8H2,1H3. The molecule has 0 saturated carbocycles. The maximum absolute atomic E-state index is 5.18. The fourth-order valence-electron chi connectivity index (χ4n) is 1.50. The minimum absolute atomic E-state index is 0.813. The van der Waals surface area contributed by atoms with Crippen LogP contribution in [-0.4, -0.2) is 23.4 Å². The van der Waals surface area contributed by atoms with Crippen molar-refractivity contribution in [3.63, 3.8) is 0 Å². The molecule has 1 N–H and O–H groups in total. The Hall–Kier alpha value is -1.49. The highest BCUT2D eigenvalue weighted by atomic mass is 79.9. The smallest absolute Gasteiger partial charge is 0.121 e. The molecule has 0 amide bonds. The maximum Gasteiger partial charge on any atom is 0.121 e. The normalized spacial score (nSPS) is 10.2. The highest BCUT2D eigenvalue weighted by Crippen LogP contribution is 2.26. The van der Waals surface area contributed by atoms with Gasteiger partial charge in [-0.3, -0.25) is 4.68 Å². The molecule has 5 heteroatoms. The average Bonchev–Trinajstić information content (AvgIpc) is 2.84. The Morgan fingerprint density at radius 1 is 1.47 bits per heavy atom. The molecule has 0 bridgehead atoms. The van der Waals surface area contributed by atoms with Crippen LogP contribution in [0.1, 0.15) is 0 Å². The van der Waals surface area contributed by atoms with Gasteiger partial charge in [-0.05, 0) is 34.1 Å². The number of hydrogen-bond donors (Lipinski definition) is 1. The molecule has 2 rings (SSSR count). The molecule has 4 nitrogen and oxygen atoms in total. The first-order valence-corrected chi connectivity index (χ1v) is 6.14. The Labute approximate surface area is 109 Å². The topological polar surface area (TPSA) is 39.1 Å². The Morgan fingerprint density at radius 3 is 3.06 bits per heavy atom. The summed E-state index contributed by atoms with van der Waals surface area (Å²) in [5, 5.41) is 7.48. The molecule has 17 heavy (non-hydrogen) atoms. The summed E-state index contributed by atoms with van der Waals surface area (Å²) in [5.74, 6) is 0.842. The number of methoxy groups -OCH3 is 1. The first-order valence-electron chi connectivity index (χ1n) is 5.34. The molecule has 0 aliphatic carbocycles. The largest absolute Gasteiger partial charge is 0.497 e. The van der Waals surface area contributed by atoms with Crippen LogP contribution in [0, 0.1) is 0 Å². The van der Waals surface area contributed by atoms with Gasteiger partial charge in [0.05, 0.1) is 19.3 Å². The lowest BCUT2D eigenvalue weighted by Gasteiger charge is -2.10. The highest BCUT2D eigenvalue weighted by Gasteiger charge is 2.01. The van der Waals surface area contributed by atoms with Crippen molar-refractivity contribution in [1.82, 2.24) is 9.78 Å². The van der Waals surface area contributed by atoms with Crippen molar-refractivity contribution in [2.45, 2.75) is 6.54 Å². The SMILES string of the molecule is COc1ccc(Br)c(NCCn2cccn2)c1. The van der Waals surface area contributed by atoms with Gasteiger partial charge in [0, 0.05) is 29.5 Å². The zero-order valence-electron chi connectivity index (χ0n) is 9.56. The van der Waals surface area contributed by atoms with E-state index in [9.17, 15) is 0 Å². The van der Waals surface area contributed by atoms with Crippen LogP contribution >= 0.6 is 15.9 Å². The molecular formula is C12H14BrN3O. The average molecular weight is 296 g/mol. The van der Waals surface area contributed by atoms with Gasteiger partial charge in [-0.1, -0.05) is 0 Å². The molecule has 90 valence electrons. The molecule has 2 aromatic rings. The number of hydrogen-bond acceptors (Lipinski definition) is 3. The zero-order valence-corrected chi connectivity index (χ0v) is 11.1. The van der Waals surface area contributed by atoms with Crippen LogP contribution in [0.3, 0.4) is 0 Å². The quantitative estimate of drug-likeness (QED) is 0.922. The fraction of sp³-hybridized carbons (Fsp3) is 0.250. The van der Waals surface area contributed by atoms with Crippen molar-refractivity contribution in [3.05, 3.63) is 41.1 Å². The molecule has 1 aromatic carbocycles. The molecule has 1 heterocycles. The van der Waals surface area contributed by atoms with E-state index < -0.39 is 0 Å². The second kappa shape index (κ2) is 5.72. The number of aromatic nitrogens is 2. The minimum Gasteiger partial charge on any atom is -0.497 e. The van der Waals surface area contributed by atoms with Crippen LogP contribution in [0.4, 0.5) is 5.69 Å². The van der Waals surface area contributed by atoms with E-state index in [0.29, 0.717) is 0 Å². The van der Waals surface area contributed by atoms with E-state index in [2.05, 4.69) is 26.3 Å². The van der Waals surface area contributed by atoms with E-state index in [1.54, 1.807) is 13.3 Å². The molecule has 0 aliphatic heterocycles. The highest BCUT2D eigenvalue weighted by molar-refractivity contribution is 9.10. The van der Waals surface area contributed by atoms with Crippen molar-refractivity contribution in [3.8, 4) is 5.75 Å². The van der Waals surface area contributed by atoms with Gasteiger partial charge < -0.3 is 10.1 Å². The lowest BCUT2D eigenvalue weighted by atomic mass is 10.3. The van der Waals surface area contributed by atoms with Crippen LogP contribution in [-0.2, 0) is 6.54 Å². The van der Waals surface area contributed by atoms with Crippen molar-refractivity contribution in [1.29, 1.82) is 0 Å². The summed E-state index contributed by atoms with van der Waals surface area (Å²) < 4.78 is 8.10. The van der Waals surface area contributed by atoms with E-state index in [0.717, 1.165) is 29.0 Å². The Balaban J connectivity index is 1.94. The summed E-state index contributed by atoms with van der Waals surface area (Å²) in [6, 6.07) is 7.77. The van der Waals surface area contributed by atoms with Crippen LogP contribution in [0.25, 0.3) is 0 Å². The van der Waals surface area contributed by atoms with Gasteiger partial charge in [-0.25, -0.2) is 0 Å². The van der Waals surface area contributed by atoms with Crippen LogP contribution in [0.5, 0.6) is 5.75 Å². The first-order chi connectivity index (χ1) is 8.29. The third kappa shape index (κ3) is 3.23. The van der Waals surface area contributed by atoms with Gasteiger partial charge in [0.25, 0.3) is 0 Å². The summed E-state index contributed by atoms with van der Waals surface area (Å²) >= 11 is 3.50. The Bertz CT molecular complexity index is 471. The van der Waals surface area contributed by atoms with E-state index in [4.69, 9.17) is 4.74 Å². The number of halogens is 1. The summed E-state index contributed by atoms with van der Waals surface area (Å²) in [6.07, 6.45) is 3.73. The van der Waals surface area contributed by atoms with Gasteiger partial charge in [0.2, 0.25) is 0 Å². The second-order valence-corrected chi connectivity index (χ2v) is 4.40. The lowest BCUT2D eigenvalue weighted by Crippen LogP contribution is -2.11. The van der Waals surface area contributed by atoms with Crippen LogP contribution < -0.4 is 10.1 Å². The van der Waals surface area contributed by atoms with Crippen LogP contribution in [0.15, 0.2) is 41.1 Å². The van der Waals surface area contributed by atoms with Gasteiger partial charge >= 0.3 is 0 Å². The van der Waals surface area contributed by atoms with E-state index >= 15 is 0 Å². The van der Waals surface area contributed by atoms with Crippen molar-refractivity contribution in [2.24, 2.45) is 0 Å². The predicted molar refractivity (Wildman–Crippen MR) is 71.4 cm³/mol. The van der Waals surface area contributed by atoms with Gasteiger partial charge in [-0.2, -0.15) is 5.10 Å². The summed E-state index contributed by atoms with van der Waals surface area (Å²) in [5.41, 5.74) is 1.02.